The summed E-state index contributed by atoms with van der Waals surface area (Å²) in [4.78, 5) is 0. The Labute approximate surface area is 118 Å². The zero-order chi connectivity index (χ0) is 15.2. The van der Waals surface area contributed by atoms with E-state index in [2.05, 4.69) is 0 Å². The minimum Gasteiger partial charge on any atom is -0.166 e. The molecule has 0 spiro atoms. The van der Waals surface area contributed by atoms with E-state index >= 15 is 0 Å². The Morgan fingerprint density at radius 3 is 1.95 bits per heavy atom. The van der Waals surface area contributed by atoms with Crippen LogP contribution in [0.5, 0.6) is 0 Å². The maximum absolute atomic E-state index is 12.9. The van der Waals surface area contributed by atoms with Gasteiger partial charge in [0, 0.05) is 0 Å². The van der Waals surface area contributed by atoms with Gasteiger partial charge in [0.2, 0.25) is 0 Å². The lowest BCUT2D eigenvalue weighted by Gasteiger charge is -2.13. The van der Waals surface area contributed by atoms with Crippen LogP contribution in [-0.2, 0) is 12.6 Å². The van der Waals surface area contributed by atoms with Crippen LogP contribution in [0, 0.1) is 0 Å². The van der Waals surface area contributed by atoms with E-state index in [9.17, 15) is 13.2 Å². The summed E-state index contributed by atoms with van der Waals surface area (Å²) in [5.74, 6) is 0. The molecular weight excluding hydrogens is 261 g/mol. The molecule has 20 heavy (non-hydrogen) atoms. The van der Waals surface area contributed by atoms with E-state index < -0.39 is 11.7 Å². The molecule has 0 radical (unpaired) electrons. The van der Waals surface area contributed by atoms with Gasteiger partial charge in [-0.1, -0.05) is 63.2 Å². The zero-order valence-corrected chi connectivity index (χ0v) is 12.0. The predicted molar refractivity (Wildman–Crippen MR) is 77.6 cm³/mol. The average Bonchev–Trinajstić information content (AvgIpc) is 2.48. The van der Waals surface area contributed by atoms with Crippen molar-refractivity contribution in [3.63, 3.8) is 0 Å². The second kappa shape index (κ2) is 7.13. The lowest BCUT2D eigenvalue weighted by molar-refractivity contribution is -0.138. The maximum Gasteiger partial charge on any atom is 0.416 e. The van der Waals surface area contributed by atoms with E-state index in [1.54, 1.807) is 31.2 Å². The number of benzene rings is 2. The van der Waals surface area contributed by atoms with Crippen molar-refractivity contribution >= 4 is 0 Å². The van der Waals surface area contributed by atoms with E-state index in [4.69, 9.17) is 0 Å². The molecule has 0 aromatic heterocycles. The van der Waals surface area contributed by atoms with Crippen LogP contribution in [0.15, 0.2) is 48.5 Å². The minimum absolute atomic E-state index is 0.335. The lowest BCUT2D eigenvalue weighted by atomic mass is 9.97. The number of hydrogen-bond acceptors (Lipinski definition) is 0. The van der Waals surface area contributed by atoms with Gasteiger partial charge in [-0.25, -0.2) is 0 Å². The first-order valence-corrected chi connectivity index (χ1v) is 6.78. The number of halogens is 3. The first kappa shape index (κ1) is 16.3. The van der Waals surface area contributed by atoms with E-state index in [1.165, 1.54) is 6.07 Å². The highest BCUT2D eigenvalue weighted by Gasteiger charge is 2.33. The quantitative estimate of drug-likeness (QED) is 0.636. The normalized spacial score (nSPS) is 10.7. The molecule has 0 N–H and O–H groups in total. The van der Waals surface area contributed by atoms with E-state index in [-0.39, 0.29) is 0 Å². The molecule has 2 aromatic carbocycles. The van der Waals surface area contributed by atoms with Crippen molar-refractivity contribution in [2.24, 2.45) is 0 Å². The van der Waals surface area contributed by atoms with Gasteiger partial charge in [-0.3, -0.25) is 0 Å². The molecule has 0 fully saturated rings. The standard InChI is InChI=1S/C15H13F3.C2H6/c1-2-11-8-9-13(10-14(11)15(16,17)18)12-6-4-3-5-7-12;1-2/h3-10H,2H2,1H3;1-2H3. The zero-order valence-electron chi connectivity index (χ0n) is 12.0. The van der Waals surface area contributed by atoms with Crippen LogP contribution >= 0.6 is 0 Å². The molecule has 0 saturated carbocycles. The molecule has 0 saturated heterocycles. The summed E-state index contributed by atoms with van der Waals surface area (Å²) in [6.45, 7) is 5.73. The summed E-state index contributed by atoms with van der Waals surface area (Å²) < 4.78 is 38.8. The van der Waals surface area contributed by atoms with Crippen molar-refractivity contribution in [1.29, 1.82) is 0 Å². The monoisotopic (exact) mass is 280 g/mol. The molecule has 0 bridgehead atoms. The highest BCUT2D eigenvalue weighted by atomic mass is 19.4. The van der Waals surface area contributed by atoms with Crippen LogP contribution in [0.1, 0.15) is 31.9 Å². The Morgan fingerprint density at radius 1 is 0.850 bits per heavy atom. The highest BCUT2D eigenvalue weighted by Crippen LogP contribution is 2.35. The van der Waals surface area contributed by atoms with Gasteiger partial charge in [0.25, 0.3) is 0 Å². The molecule has 0 aliphatic carbocycles. The summed E-state index contributed by atoms with van der Waals surface area (Å²) in [5, 5.41) is 0. The van der Waals surface area contributed by atoms with Crippen LogP contribution in [0.2, 0.25) is 0 Å². The SMILES string of the molecule is CC.CCc1ccc(-c2ccccc2)cc1C(F)(F)F. The van der Waals surface area contributed by atoms with Crippen molar-refractivity contribution in [3.8, 4) is 11.1 Å². The molecule has 0 amide bonds. The number of alkyl halides is 3. The fraction of sp³-hybridized carbons (Fsp3) is 0.294. The van der Waals surface area contributed by atoms with Crippen LogP contribution in [0.25, 0.3) is 11.1 Å². The lowest BCUT2D eigenvalue weighted by Crippen LogP contribution is -2.09. The molecule has 0 nitrogen and oxygen atoms in total. The van der Waals surface area contributed by atoms with Gasteiger partial charge in [0.15, 0.2) is 0 Å². The van der Waals surface area contributed by atoms with Crippen molar-refractivity contribution in [2.45, 2.75) is 33.4 Å². The van der Waals surface area contributed by atoms with Gasteiger partial charge < -0.3 is 0 Å². The molecule has 2 aromatic rings. The van der Waals surface area contributed by atoms with Crippen molar-refractivity contribution in [1.82, 2.24) is 0 Å². The fourth-order valence-corrected chi connectivity index (χ4v) is 1.96. The molecule has 0 heterocycles. The number of aryl methyl sites for hydroxylation is 1. The van der Waals surface area contributed by atoms with Crippen molar-refractivity contribution < 1.29 is 13.2 Å². The maximum atomic E-state index is 12.9. The second-order valence-corrected chi connectivity index (χ2v) is 4.09. The Balaban J connectivity index is 0.000000956. The van der Waals surface area contributed by atoms with E-state index in [0.717, 1.165) is 5.56 Å². The summed E-state index contributed by atoms with van der Waals surface area (Å²) >= 11 is 0. The number of hydrogen-bond donors (Lipinski definition) is 0. The van der Waals surface area contributed by atoms with E-state index in [1.807, 2.05) is 32.0 Å². The largest absolute Gasteiger partial charge is 0.416 e. The van der Waals surface area contributed by atoms with E-state index in [0.29, 0.717) is 17.5 Å². The topological polar surface area (TPSA) is 0 Å². The smallest absolute Gasteiger partial charge is 0.166 e. The molecule has 2 rings (SSSR count). The van der Waals surface area contributed by atoms with Crippen LogP contribution in [-0.4, -0.2) is 0 Å². The minimum atomic E-state index is -4.30. The van der Waals surface area contributed by atoms with Crippen LogP contribution in [0.3, 0.4) is 0 Å². The third-order valence-corrected chi connectivity index (χ3v) is 2.90. The Bertz CT molecular complexity index is 528. The average molecular weight is 280 g/mol. The van der Waals surface area contributed by atoms with Crippen LogP contribution < -0.4 is 0 Å². The Kier molecular flexibility index (Phi) is 5.81. The van der Waals surface area contributed by atoms with Crippen molar-refractivity contribution in [3.05, 3.63) is 59.7 Å². The van der Waals surface area contributed by atoms with Gasteiger partial charge in [0.1, 0.15) is 0 Å². The molecule has 0 unspecified atom stereocenters. The molecule has 3 heteroatoms. The summed E-state index contributed by atoms with van der Waals surface area (Å²) in [7, 11) is 0. The number of rotatable bonds is 2. The van der Waals surface area contributed by atoms with Gasteiger partial charge in [-0.15, -0.1) is 0 Å². The van der Waals surface area contributed by atoms with Gasteiger partial charge in [-0.2, -0.15) is 13.2 Å². The first-order valence-electron chi connectivity index (χ1n) is 6.78. The van der Waals surface area contributed by atoms with Gasteiger partial charge >= 0.3 is 6.18 Å². The van der Waals surface area contributed by atoms with Gasteiger partial charge in [0.05, 0.1) is 5.56 Å². The highest BCUT2D eigenvalue weighted by molar-refractivity contribution is 5.65. The molecule has 0 aliphatic rings. The summed E-state index contributed by atoms with van der Waals surface area (Å²) in [5.41, 5.74) is 1.19. The Hall–Kier alpha value is -1.77. The fourth-order valence-electron chi connectivity index (χ4n) is 1.96. The molecular formula is C17H19F3. The first-order chi connectivity index (χ1) is 9.52. The predicted octanol–water partition coefficient (Wildman–Crippen LogP) is 5.96. The van der Waals surface area contributed by atoms with Gasteiger partial charge in [-0.05, 0) is 29.2 Å². The summed E-state index contributed by atoms with van der Waals surface area (Å²) in [6, 6.07) is 13.6. The third-order valence-electron chi connectivity index (χ3n) is 2.90. The Morgan fingerprint density at radius 2 is 1.45 bits per heavy atom. The summed E-state index contributed by atoms with van der Waals surface area (Å²) in [6.07, 6.45) is -3.92. The molecule has 0 atom stereocenters. The van der Waals surface area contributed by atoms with Crippen molar-refractivity contribution in [2.75, 3.05) is 0 Å². The third kappa shape index (κ3) is 3.86. The molecule has 0 aliphatic heterocycles. The second-order valence-electron chi connectivity index (χ2n) is 4.09. The molecule has 108 valence electrons. The van der Waals surface area contributed by atoms with Crippen LogP contribution in [0.4, 0.5) is 13.2 Å².